The molecule has 37 heavy (non-hydrogen) atoms. The van der Waals surface area contributed by atoms with Gasteiger partial charge in [-0.2, -0.15) is 0 Å². The number of hydrogen-bond acceptors (Lipinski definition) is 6. The van der Waals surface area contributed by atoms with E-state index in [9.17, 15) is 4.79 Å². The Morgan fingerprint density at radius 3 is 2.65 bits per heavy atom. The van der Waals surface area contributed by atoms with E-state index in [0.717, 1.165) is 57.7 Å². The number of nitrogens with one attached hydrogen (secondary N) is 1. The van der Waals surface area contributed by atoms with Crippen molar-refractivity contribution in [2.45, 2.75) is 6.92 Å². The largest absolute Gasteiger partial charge is 0.355 e. The van der Waals surface area contributed by atoms with Crippen LogP contribution in [-0.2, 0) is 0 Å². The van der Waals surface area contributed by atoms with E-state index in [-0.39, 0.29) is 5.91 Å². The van der Waals surface area contributed by atoms with Crippen molar-refractivity contribution in [3.8, 4) is 11.1 Å². The second kappa shape index (κ2) is 9.88. The Hall–Kier alpha value is -3.88. The maximum Gasteiger partial charge on any atom is 0.254 e. The summed E-state index contributed by atoms with van der Waals surface area (Å²) in [7, 11) is 0. The van der Waals surface area contributed by atoms with E-state index in [1.165, 1.54) is 6.07 Å². The van der Waals surface area contributed by atoms with Crippen LogP contribution in [0.5, 0.6) is 0 Å². The average Bonchev–Trinajstić information content (AvgIpc) is 3.41. The number of aromatic nitrogens is 2. The van der Waals surface area contributed by atoms with Crippen LogP contribution in [0.25, 0.3) is 32.2 Å². The Kier molecular flexibility index (Phi) is 6.28. The molecule has 8 heteroatoms. The van der Waals surface area contributed by atoms with Gasteiger partial charge in [0.15, 0.2) is 0 Å². The van der Waals surface area contributed by atoms with E-state index in [4.69, 9.17) is 0 Å². The Labute approximate surface area is 218 Å². The molecule has 186 valence electrons. The van der Waals surface area contributed by atoms with Gasteiger partial charge in [-0.15, -0.1) is 11.3 Å². The summed E-state index contributed by atoms with van der Waals surface area (Å²) in [5, 5.41) is 4.35. The second-order valence-electron chi connectivity index (χ2n) is 9.17. The minimum Gasteiger partial charge on any atom is -0.355 e. The first-order valence-electron chi connectivity index (χ1n) is 12.4. The molecule has 1 N–H and O–H groups in total. The van der Waals surface area contributed by atoms with E-state index < -0.39 is 5.82 Å². The second-order valence-corrected chi connectivity index (χ2v) is 10.1. The van der Waals surface area contributed by atoms with Crippen LogP contribution in [0.1, 0.15) is 17.3 Å². The predicted octanol–water partition coefficient (Wildman–Crippen LogP) is 6.17. The zero-order valence-electron chi connectivity index (χ0n) is 20.4. The molecule has 1 aliphatic heterocycles. The number of pyridine rings is 1. The number of hydrogen-bond donors (Lipinski definition) is 1. The van der Waals surface area contributed by atoms with Crippen LogP contribution in [0.15, 0.2) is 72.4 Å². The lowest BCUT2D eigenvalue weighted by Gasteiger charge is -2.34. The molecule has 5 aromatic rings. The number of thiazole rings is 1. The van der Waals surface area contributed by atoms with Gasteiger partial charge in [-0.05, 0) is 60.6 Å². The third-order valence-electron chi connectivity index (χ3n) is 6.98. The molecule has 0 aliphatic carbocycles. The minimum absolute atomic E-state index is 0.118. The van der Waals surface area contributed by atoms with Gasteiger partial charge in [-0.1, -0.05) is 19.1 Å². The first-order valence-corrected chi connectivity index (χ1v) is 13.3. The third-order valence-corrected chi connectivity index (χ3v) is 7.79. The predicted molar refractivity (Wildman–Crippen MR) is 148 cm³/mol. The molecule has 0 atom stereocenters. The topological polar surface area (TPSA) is 61.4 Å². The number of nitrogens with zero attached hydrogens (tertiary/aromatic N) is 4. The van der Waals surface area contributed by atoms with Crippen molar-refractivity contribution in [3.63, 3.8) is 0 Å². The number of amides is 1. The summed E-state index contributed by atoms with van der Waals surface area (Å²) in [4.78, 5) is 26.0. The van der Waals surface area contributed by atoms with Crippen molar-refractivity contribution in [1.82, 2.24) is 19.8 Å². The van der Waals surface area contributed by atoms with Gasteiger partial charge in [0.25, 0.3) is 5.91 Å². The van der Waals surface area contributed by atoms with Gasteiger partial charge in [0.2, 0.25) is 0 Å². The maximum absolute atomic E-state index is 15.3. The van der Waals surface area contributed by atoms with Crippen LogP contribution in [0.3, 0.4) is 0 Å². The van der Waals surface area contributed by atoms with Crippen molar-refractivity contribution in [3.05, 3.63) is 83.8 Å². The van der Waals surface area contributed by atoms with Gasteiger partial charge in [-0.3, -0.25) is 9.78 Å². The summed E-state index contributed by atoms with van der Waals surface area (Å²) in [5.74, 6) is -0.530. The standard InChI is InChI=1S/C29H26FN5OS/c1-2-34-11-13-35(14-12-34)29(36)20-3-6-22(24(30)16-20)19-4-7-25-23(15-19)26(9-10-31-25)33-21-5-8-28-27(17-21)32-18-37-28/h3-10,15-18H,2,11-14H2,1H3,(H,31,33). The van der Waals surface area contributed by atoms with Crippen LogP contribution in [0.2, 0.25) is 0 Å². The minimum atomic E-state index is -0.412. The first kappa shape index (κ1) is 23.5. The molecule has 3 aromatic carbocycles. The van der Waals surface area contributed by atoms with Crippen LogP contribution in [0.4, 0.5) is 15.8 Å². The van der Waals surface area contributed by atoms with Crippen molar-refractivity contribution in [2.75, 3.05) is 38.0 Å². The number of carbonyl (C=O) groups excluding carboxylic acids is 1. The average molecular weight is 512 g/mol. The Balaban J connectivity index is 1.28. The van der Waals surface area contributed by atoms with E-state index in [1.54, 1.807) is 29.7 Å². The Morgan fingerprint density at radius 1 is 0.973 bits per heavy atom. The molecule has 1 aliphatic rings. The molecule has 0 spiro atoms. The lowest BCUT2D eigenvalue weighted by atomic mass is 10.00. The Bertz CT molecular complexity index is 1610. The van der Waals surface area contributed by atoms with E-state index in [2.05, 4.69) is 27.1 Å². The smallest absolute Gasteiger partial charge is 0.254 e. The molecule has 0 saturated carbocycles. The van der Waals surface area contributed by atoms with Crippen LogP contribution < -0.4 is 5.32 Å². The number of anilines is 2. The van der Waals surface area contributed by atoms with Crippen molar-refractivity contribution in [1.29, 1.82) is 0 Å². The van der Waals surface area contributed by atoms with Gasteiger partial charge in [0.1, 0.15) is 5.82 Å². The summed E-state index contributed by atoms with van der Waals surface area (Å²) >= 11 is 1.61. The number of likely N-dealkylation sites (N-methyl/N-ethyl adjacent to an activating group) is 1. The summed E-state index contributed by atoms with van der Waals surface area (Å²) in [6, 6.07) is 18.5. The van der Waals surface area contributed by atoms with Crippen molar-refractivity contribution < 1.29 is 9.18 Å². The fourth-order valence-electron chi connectivity index (χ4n) is 4.85. The van der Waals surface area contributed by atoms with Gasteiger partial charge in [-0.25, -0.2) is 9.37 Å². The molecule has 6 rings (SSSR count). The van der Waals surface area contributed by atoms with Gasteiger partial charge < -0.3 is 15.1 Å². The highest BCUT2D eigenvalue weighted by Crippen LogP contribution is 2.32. The van der Waals surface area contributed by atoms with Crippen molar-refractivity contribution >= 4 is 49.7 Å². The SMILES string of the molecule is CCN1CCN(C(=O)c2ccc(-c3ccc4nccc(Nc5ccc6scnc6c5)c4c3)c(F)c2)CC1. The molecule has 3 heterocycles. The monoisotopic (exact) mass is 511 g/mol. The fourth-order valence-corrected chi connectivity index (χ4v) is 5.50. The summed E-state index contributed by atoms with van der Waals surface area (Å²) in [6.07, 6.45) is 1.76. The molecule has 1 amide bonds. The highest BCUT2D eigenvalue weighted by atomic mass is 32.1. The number of fused-ring (bicyclic) bond motifs is 2. The molecule has 0 bridgehead atoms. The van der Waals surface area contributed by atoms with Gasteiger partial charge >= 0.3 is 0 Å². The van der Waals surface area contributed by atoms with Crippen molar-refractivity contribution in [2.24, 2.45) is 0 Å². The molecule has 2 aromatic heterocycles. The van der Waals surface area contributed by atoms with E-state index in [1.807, 2.05) is 52.9 Å². The van der Waals surface area contributed by atoms with E-state index in [0.29, 0.717) is 24.2 Å². The number of piperazine rings is 1. The number of rotatable bonds is 5. The zero-order chi connectivity index (χ0) is 25.4. The lowest BCUT2D eigenvalue weighted by molar-refractivity contribution is 0.0643. The lowest BCUT2D eigenvalue weighted by Crippen LogP contribution is -2.48. The fraction of sp³-hybridized carbons (Fsp3) is 0.207. The molecular formula is C29H26FN5OS. The van der Waals surface area contributed by atoms with Crippen LogP contribution in [-0.4, -0.2) is 58.4 Å². The number of benzene rings is 3. The molecule has 1 fully saturated rings. The Morgan fingerprint density at radius 2 is 1.84 bits per heavy atom. The molecule has 1 saturated heterocycles. The maximum atomic E-state index is 15.3. The molecule has 0 unspecified atom stereocenters. The highest BCUT2D eigenvalue weighted by Gasteiger charge is 2.22. The van der Waals surface area contributed by atoms with Gasteiger partial charge in [0, 0.05) is 60.3 Å². The molecular weight excluding hydrogens is 485 g/mol. The number of halogens is 1. The summed E-state index contributed by atoms with van der Waals surface area (Å²) < 4.78 is 16.5. The summed E-state index contributed by atoms with van der Waals surface area (Å²) in [6.45, 7) is 6.13. The summed E-state index contributed by atoms with van der Waals surface area (Å²) in [5.41, 5.74) is 6.94. The van der Waals surface area contributed by atoms with E-state index >= 15 is 4.39 Å². The molecule has 6 nitrogen and oxygen atoms in total. The first-order chi connectivity index (χ1) is 18.1. The van der Waals surface area contributed by atoms with Crippen LogP contribution in [0, 0.1) is 5.82 Å². The normalized spacial score (nSPS) is 14.4. The zero-order valence-corrected chi connectivity index (χ0v) is 21.3. The molecule has 0 radical (unpaired) electrons. The highest BCUT2D eigenvalue weighted by molar-refractivity contribution is 7.16. The quantitative estimate of drug-likeness (QED) is 0.306. The number of carbonyl (C=O) groups is 1. The van der Waals surface area contributed by atoms with Crippen LogP contribution >= 0.6 is 11.3 Å². The van der Waals surface area contributed by atoms with Gasteiger partial charge in [0.05, 0.1) is 21.2 Å². The third kappa shape index (κ3) is 4.65.